The molecule has 0 bridgehead atoms. The molecule has 76 valence electrons. The summed E-state index contributed by atoms with van der Waals surface area (Å²) in [6.45, 7) is -10.5. The van der Waals surface area contributed by atoms with Crippen molar-refractivity contribution in [2.24, 2.45) is 5.89 Å². The molecule has 1 atom stereocenters. The summed E-state index contributed by atoms with van der Waals surface area (Å²) in [5.41, 5.74) is 5.62. The van der Waals surface area contributed by atoms with Gasteiger partial charge in [0.1, 0.15) is 5.82 Å². The summed E-state index contributed by atoms with van der Waals surface area (Å²) >= 11 is 0. The first-order chi connectivity index (χ1) is 11.4. The largest absolute Gasteiger partial charge is 0.397 e. The Hall–Kier alpha value is -1.25. The fourth-order valence-electron chi connectivity index (χ4n) is 0.958. The standard InChI is InChI=1S/C11H17N3/c1-9-3-2-6-14(8-9)11-5-4-10(12)7-13-11/h4-5,7,9H,2-3,6,8,12H2,1H3/i1D3,2D2,3D2,6D2,8D2,9D. The molecule has 14 heavy (non-hydrogen) atoms. The number of hydrogen-bond acceptors (Lipinski definition) is 3. The van der Waals surface area contributed by atoms with Crippen molar-refractivity contribution in [3.63, 3.8) is 0 Å². The van der Waals surface area contributed by atoms with E-state index in [0.29, 0.717) is 0 Å². The van der Waals surface area contributed by atoms with Gasteiger partial charge < -0.3 is 10.6 Å². The predicted octanol–water partition coefficient (Wildman–Crippen LogP) is 1.90. The monoisotopic (exact) mass is 203 g/mol. The van der Waals surface area contributed by atoms with Gasteiger partial charge in [-0.2, -0.15) is 0 Å². The van der Waals surface area contributed by atoms with Crippen molar-refractivity contribution in [3.05, 3.63) is 18.3 Å². The molecule has 0 amide bonds. The van der Waals surface area contributed by atoms with Crippen LogP contribution in [0.25, 0.3) is 0 Å². The molecule has 0 aromatic carbocycles. The Labute approximate surface area is 102 Å². The maximum atomic E-state index is 8.22. The lowest BCUT2D eigenvalue weighted by Gasteiger charge is -2.31. The van der Waals surface area contributed by atoms with Crippen LogP contribution in [0, 0.1) is 5.89 Å². The zero-order valence-corrected chi connectivity index (χ0v) is 7.20. The molecule has 1 aliphatic rings. The average molecular weight is 203 g/mol. The number of pyridine rings is 1. The number of nitrogens with zero attached hydrogens (tertiary/aromatic N) is 2. The Morgan fingerprint density at radius 2 is 2.71 bits per heavy atom. The summed E-state index contributed by atoms with van der Waals surface area (Å²) in [6.07, 6.45) is -6.27. The van der Waals surface area contributed by atoms with Crippen molar-refractivity contribution in [2.75, 3.05) is 23.6 Å². The highest BCUT2D eigenvalue weighted by Gasteiger charge is 2.16. The van der Waals surface area contributed by atoms with Gasteiger partial charge in [-0.25, -0.2) is 4.98 Å². The van der Waals surface area contributed by atoms with Crippen molar-refractivity contribution >= 4 is 11.5 Å². The Balaban J connectivity index is 2.90. The van der Waals surface area contributed by atoms with E-state index in [2.05, 4.69) is 4.98 Å². The number of hydrogen-bond donors (Lipinski definition) is 1. The van der Waals surface area contributed by atoms with Crippen LogP contribution in [0.1, 0.15) is 36.0 Å². The van der Waals surface area contributed by atoms with Crippen molar-refractivity contribution in [1.82, 2.24) is 4.98 Å². The topological polar surface area (TPSA) is 42.1 Å². The second-order valence-electron chi connectivity index (χ2n) is 2.63. The van der Waals surface area contributed by atoms with Crippen molar-refractivity contribution in [1.29, 1.82) is 0 Å². The maximum Gasteiger partial charge on any atom is 0.128 e. The molecule has 0 spiro atoms. The van der Waals surface area contributed by atoms with Crippen LogP contribution < -0.4 is 10.6 Å². The van der Waals surface area contributed by atoms with Gasteiger partial charge >= 0.3 is 0 Å². The highest BCUT2D eigenvalue weighted by atomic mass is 15.2. The van der Waals surface area contributed by atoms with Crippen LogP contribution in [0.5, 0.6) is 0 Å². The highest BCUT2D eigenvalue weighted by Crippen LogP contribution is 2.21. The second-order valence-corrected chi connectivity index (χ2v) is 2.63. The summed E-state index contributed by atoms with van der Waals surface area (Å²) in [5, 5.41) is 0. The second kappa shape index (κ2) is 3.86. The quantitative estimate of drug-likeness (QED) is 0.758. The molecule has 1 aromatic rings. The lowest BCUT2D eigenvalue weighted by Crippen LogP contribution is -2.34. The Kier molecular flexibility index (Phi) is 0.732. The number of aromatic nitrogens is 1. The van der Waals surface area contributed by atoms with Gasteiger partial charge in [0.25, 0.3) is 0 Å². The summed E-state index contributed by atoms with van der Waals surface area (Å²) in [6, 6.07) is 2.26. The number of anilines is 2. The molecule has 0 aliphatic carbocycles. The zero-order chi connectivity index (χ0) is 20.6. The smallest absolute Gasteiger partial charge is 0.128 e. The molecule has 0 radical (unpaired) electrons. The first kappa shape index (κ1) is 2.65. The van der Waals surface area contributed by atoms with Gasteiger partial charge in [-0.1, -0.05) is 6.85 Å². The number of piperidine rings is 1. The molecule has 3 nitrogen and oxygen atoms in total. The molecule has 0 saturated carbocycles. The number of nitrogens with two attached hydrogens (primary N) is 1. The zero-order valence-electron chi connectivity index (χ0n) is 19.2. The highest BCUT2D eigenvalue weighted by molar-refractivity contribution is 5.45. The van der Waals surface area contributed by atoms with Gasteiger partial charge in [-0.15, -0.1) is 0 Å². The van der Waals surface area contributed by atoms with Gasteiger partial charge in [0.2, 0.25) is 0 Å². The molecule has 1 aromatic heterocycles. The summed E-state index contributed by atoms with van der Waals surface area (Å²) in [4.78, 5) is 3.79. The molecule has 2 heterocycles. The van der Waals surface area contributed by atoms with Crippen molar-refractivity contribution in [3.8, 4) is 0 Å². The summed E-state index contributed by atoms with van der Waals surface area (Å²) < 4.78 is 95.1. The number of rotatable bonds is 1. The fourth-order valence-corrected chi connectivity index (χ4v) is 0.958. The van der Waals surface area contributed by atoms with Gasteiger partial charge in [-0.05, 0) is 30.8 Å². The SMILES string of the molecule is [2H]C([2H])([2H])C1([2H])C([2H])([2H])N(c2ccc(N)cn2)C([2H])([2H])C([2H])([2H])C1([2H])[2H]. The Morgan fingerprint density at radius 3 is 3.43 bits per heavy atom. The van der Waals surface area contributed by atoms with Crippen LogP contribution in [0.4, 0.5) is 11.5 Å². The molecular weight excluding hydrogens is 174 g/mol. The van der Waals surface area contributed by atoms with E-state index in [0.717, 1.165) is 12.3 Å². The molecule has 1 unspecified atom stereocenters. The van der Waals surface area contributed by atoms with E-state index in [1.54, 1.807) is 0 Å². The van der Waals surface area contributed by atoms with E-state index in [9.17, 15) is 0 Å². The van der Waals surface area contributed by atoms with Crippen LogP contribution in [0.15, 0.2) is 18.3 Å². The third-order valence-corrected chi connectivity index (χ3v) is 1.58. The molecule has 1 aliphatic heterocycles. The van der Waals surface area contributed by atoms with E-state index in [1.165, 1.54) is 6.07 Å². The van der Waals surface area contributed by atoms with E-state index in [-0.39, 0.29) is 10.6 Å². The van der Waals surface area contributed by atoms with Crippen LogP contribution in [-0.2, 0) is 0 Å². The first-order valence-corrected chi connectivity index (χ1v) is 3.89. The average Bonchev–Trinajstić information content (AvgIpc) is 2.45. The summed E-state index contributed by atoms with van der Waals surface area (Å²) in [5.74, 6) is -4.19. The van der Waals surface area contributed by atoms with E-state index in [4.69, 9.17) is 22.2 Å². The van der Waals surface area contributed by atoms with Crippen molar-refractivity contribution in [2.45, 2.75) is 19.6 Å². The molecule has 2 N–H and O–H groups in total. The summed E-state index contributed by atoms with van der Waals surface area (Å²) in [7, 11) is 0. The lowest BCUT2D eigenvalue weighted by molar-refractivity contribution is 0.444. The first-order valence-electron chi connectivity index (χ1n) is 9.89. The van der Waals surface area contributed by atoms with Crippen LogP contribution in [0.3, 0.4) is 0 Å². The molecule has 1 saturated heterocycles. The molecule has 3 heteroatoms. The van der Waals surface area contributed by atoms with Gasteiger partial charge in [0, 0.05) is 29.4 Å². The van der Waals surface area contributed by atoms with Gasteiger partial charge in [-0.3, -0.25) is 0 Å². The third-order valence-electron chi connectivity index (χ3n) is 1.58. The van der Waals surface area contributed by atoms with E-state index < -0.39 is 44.3 Å². The normalized spacial score (nSPS) is 55.6. The minimum absolute atomic E-state index is 0.0696. The third kappa shape index (κ3) is 1.97. The minimum atomic E-state index is -3.72. The predicted molar refractivity (Wildman–Crippen MR) is 59.3 cm³/mol. The Morgan fingerprint density at radius 1 is 1.79 bits per heavy atom. The molecule has 2 rings (SSSR count). The molecular formula is C11H17N3. The Bertz CT molecular complexity index is 697. The molecule has 1 fully saturated rings. The van der Waals surface area contributed by atoms with Gasteiger partial charge in [0.15, 0.2) is 0 Å². The number of nitrogen functional groups attached to an aromatic ring is 1. The van der Waals surface area contributed by atoms with E-state index >= 15 is 0 Å². The van der Waals surface area contributed by atoms with E-state index in [1.807, 2.05) is 0 Å². The minimum Gasteiger partial charge on any atom is -0.397 e. The van der Waals surface area contributed by atoms with Crippen LogP contribution in [-0.4, -0.2) is 18.0 Å². The maximum absolute atomic E-state index is 8.22. The van der Waals surface area contributed by atoms with Crippen molar-refractivity contribution < 1.29 is 16.4 Å². The van der Waals surface area contributed by atoms with Crippen LogP contribution in [0.2, 0.25) is 0 Å². The fraction of sp³-hybridized carbons (Fsp3) is 0.545. The van der Waals surface area contributed by atoms with Gasteiger partial charge in [0.05, 0.1) is 11.9 Å². The lowest BCUT2D eigenvalue weighted by atomic mass is 10.0. The van der Waals surface area contributed by atoms with Crippen LogP contribution >= 0.6 is 0 Å².